The summed E-state index contributed by atoms with van der Waals surface area (Å²) in [4.78, 5) is 8.42. The van der Waals surface area contributed by atoms with E-state index in [1.807, 2.05) is 6.07 Å². The Labute approximate surface area is 109 Å². The molecule has 0 atom stereocenters. The lowest BCUT2D eigenvalue weighted by Gasteiger charge is -2.11. The molecule has 1 aromatic carbocycles. The summed E-state index contributed by atoms with van der Waals surface area (Å²) in [6, 6.07) is 3.58. The fourth-order valence-corrected chi connectivity index (χ4v) is 1.94. The minimum absolute atomic E-state index is 0.208. The molecule has 0 amide bonds. The van der Waals surface area contributed by atoms with Crippen molar-refractivity contribution >= 4 is 0 Å². The monoisotopic (exact) mass is 260 g/mol. The summed E-state index contributed by atoms with van der Waals surface area (Å²) in [5.41, 5.74) is 1.34. The molecule has 0 N–H and O–H groups in total. The van der Waals surface area contributed by atoms with Crippen LogP contribution in [0.15, 0.2) is 24.5 Å². The molecule has 0 saturated heterocycles. The first-order valence-electron chi connectivity index (χ1n) is 5.66. The molecule has 1 aliphatic rings. The van der Waals surface area contributed by atoms with E-state index in [-0.39, 0.29) is 6.79 Å². The third-order valence-corrected chi connectivity index (χ3v) is 2.81. The van der Waals surface area contributed by atoms with Gasteiger partial charge < -0.3 is 18.9 Å². The summed E-state index contributed by atoms with van der Waals surface area (Å²) < 4.78 is 21.3. The standard InChI is InChI=1S/C13H12N2O4/c1-16-9-6-11-10(18-7-19-11)5-8(9)12-13(17-2)15-4-3-14-12/h3-6H,7H2,1-2H3. The van der Waals surface area contributed by atoms with Crippen molar-refractivity contribution in [1.29, 1.82) is 0 Å². The van der Waals surface area contributed by atoms with Crippen molar-refractivity contribution in [1.82, 2.24) is 9.97 Å². The molecule has 2 heterocycles. The number of hydrogen-bond acceptors (Lipinski definition) is 6. The molecular formula is C13H12N2O4. The van der Waals surface area contributed by atoms with E-state index in [0.29, 0.717) is 28.8 Å². The lowest BCUT2D eigenvalue weighted by molar-refractivity contribution is 0.174. The van der Waals surface area contributed by atoms with Crippen LogP contribution in [0.25, 0.3) is 11.3 Å². The van der Waals surface area contributed by atoms with Gasteiger partial charge in [0.1, 0.15) is 11.4 Å². The topological polar surface area (TPSA) is 62.7 Å². The molecule has 0 aliphatic carbocycles. The van der Waals surface area contributed by atoms with Crippen molar-refractivity contribution in [2.45, 2.75) is 0 Å². The minimum Gasteiger partial charge on any atom is -0.496 e. The van der Waals surface area contributed by atoms with E-state index in [2.05, 4.69) is 9.97 Å². The van der Waals surface area contributed by atoms with E-state index in [0.717, 1.165) is 5.56 Å². The second kappa shape index (κ2) is 4.64. The molecule has 1 aromatic heterocycles. The Morgan fingerprint density at radius 1 is 1.00 bits per heavy atom. The van der Waals surface area contributed by atoms with Gasteiger partial charge in [-0.2, -0.15) is 0 Å². The molecule has 2 aromatic rings. The summed E-state index contributed by atoms with van der Waals surface area (Å²) in [5.74, 6) is 2.37. The van der Waals surface area contributed by atoms with Crippen molar-refractivity contribution in [3.63, 3.8) is 0 Å². The Morgan fingerprint density at radius 2 is 1.74 bits per heavy atom. The van der Waals surface area contributed by atoms with Gasteiger partial charge in [-0.1, -0.05) is 0 Å². The van der Waals surface area contributed by atoms with Crippen molar-refractivity contribution in [3.05, 3.63) is 24.5 Å². The van der Waals surface area contributed by atoms with E-state index >= 15 is 0 Å². The number of methoxy groups -OCH3 is 2. The van der Waals surface area contributed by atoms with Gasteiger partial charge in [-0.05, 0) is 6.07 Å². The van der Waals surface area contributed by atoms with Crippen LogP contribution in [0.5, 0.6) is 23.1 Å². The molecule has 0 spiro atoms. The van der Waals surface area contributed by atoms with E-state index < -0.39 is 0 Å². The highest BCUT2D eigenvalue weighted by molar-refractivity contribution is 5.74. The third-order valence-electron chi connectivity index (χ3n) is 2.81. The Hall–Kier alpha value is -2.50. The first-order chi connectivity index (χ1) is 9.33. The number of rotatable bonds is 3. The molecule has 3 rings (SSSR count). The van der Waals surface area contributed by atoms with Crippen LogP contribution in [0.4, 0.5) is 0 Å². The number of fused-ring (bicyclic) bond motifs is 1. The van der Waals surface area contributed by atoms with E-state index in [1.165, 1.54) is 0 Å². The molecule has 98 valence electrons. The average molecular weight is 260 g/mol. The first kappa shape index (κ1) is 11.6. The van der Waals surface area contributed by atoms with Crippen LogP contribution < -0.4 is 18.9 Å². The zero-order valence-electron chi connectivity index (χ0n) is 10.5. The zero-order valence-corrected chi connectivity index (χ0v) is 10.5. The normalized spacial score (nSPS) is 12.3. The number of ether oxygens (including phenoxy) is 4. The summed E-state index contributed by atoms with van der Waals surface area (Å²) in [6.07, 6.45) is 3.17. The third kappa shape index (κ3) is 1.91. The van der Waals surface area contributed by atoms with Crippen LogP contribution in [0.3, 0.4) is 0 Å². The van der Waals surface area contributed by atoms with Gasteiger partial charge in [-0.25, -0.2) is 9.97 Å². The van der Waals surface area contributed by atoms with Gasteiger partial charge in [0.05, 0.1) is 19.8 Å². The highest BCUT2D eigenvalue weighted by atomic mass is 16.7. The van der Waals surface area contributed by atoms with Gasteiger partial charge in [-0.3, -0.25) is 0 Å². The predicted molar refractivity (Wildman–Crippen MR) is 66.7 cm³/mol. The molecule has 1 aliphatic heterocycles. The van der Waals surface area contributed by atoms with Gasteiger partial charge in [0.2, 0.25) is 12.7 Å². The highest BCUT2D eigenvalue weighted by Gasteiger charge is 2.21. The molecule has 0 fully saturated rings. The predicted octanol–water partition coefficient (Wildman–Crippen LogP) is 1.89. The summed E-state index contributed by atoms with van der Waals surface area (Å²) in [7, 11) is 3.14. The van der Waals surface area contributed by atoms with Crippen molar-refractivity contribution < 1.29 is 18.9 Å². The zero-order chi connectivity index (χ0) is 13.2. The van der Waals surface area contributed by atoms with Crippen LogP contribution in [-0.4, -0.2) is 31.0 Å². The maximum atomic E-state index is 5.37. The van der Waals surface area contributed by atoms with Gasteiger partial charge in [0.15, 0.2) is 11.5 Å². The Morgan fingerprint density at radius 3 is 2.47 bits per heavy atom. The van der Waals surface area contributed by atoms with Crippen molar-refractivity contribution in [3.8, 4) is 34.4 Å². The second-order valence-corrected chi connectivity index (χ2v) is 3.82. The van der Waals surface area contributed by atoms with Gasteiger partial charge >= 0.3 is 0 Å². The highest BCUT2D eigenvalue weighted by Crippen LogP contribution is 2.43. The van der Waals surface area contributed by atoms with Crippen molar-refractivity contribution in [2.75, 3.05) is 21.0 Å². The second-order valence-electron chi connectivity index (χ2n) is 3.82. The van der Waals surface area contributed by atoms with Crippen LogP contribution >= 0.6 is 0 Å². The van der Waals surface area contributed by atoms with Gasteiger partial charge in [0.25, 0.3) is 0 Å². The number of benzene rings is 1. The fourth-order valence-electron chi connectivity index (χ4n) is 1.94. The molecule has 0 saturated carbocycles. The minimum atomic E-state index is 0.208. The molecule has 0 bridgehead atoms. The lowest BCUT2D eigenvalue weighted by atomic mass is 10.1. The average Bonchev–Trinajstić information content (AvgIpc) is 2.93. The molecule has 6 nitrogen and oxygen atoms in total. The van der Waals surface area contributed by atoms with Gasteiger partial charge in [-0.15, -0.1) is 0 Å². The van der Waals surface area contributed by atoms with Crippen LogP contribution in [0.1, 0.15) is 0 Å². The molecular weight excluding hydrogens is 248 g/mol. The SMILES string of the molecule is COc1cc2c(cc1-c1nccnc1OC)OCO2. The fraction of sp³-hybridized carbons (Fsp3) is 0.231. The van der Waals surface area contributed by atoms with E-state index in [4.69, 9.17) is 18.9 Å². The Bertz CT molecular complexity index is 616. The quantitative estimate of drug-likeness (QED) is 0.839. The van der Waals surface area contributed by atoms with Crippen LogP contribution in [-0.2, 0) is 0 Å². The summed E-state index contributed by atoms with van der Waals surface area (Å²) in [5, 5.41) is 0. The first-order valence-corrected chi connectivity index (χ1v) is 5.66. The Balaban J connectivity index is 2.18. The lowest BCUT2D eigenvalue weighted by Crippen LogP contribution is -1.96. The van der Waals surface area contributed by atoms with E-state index in [9.17, 15) is 0 Å². The smallest absolute Gasteiger partial charge is 0.240 e. The largest absolute Gasteiger partial charge is 0.496 e. The maximum absolute atomic E-state index is 5.37. The summed E-state index contributed by atoms with van der Waals surface area (Å²) in [6.45, 7) is 0.208. The molecule has 0 unspecified atom stereocenters. The number of aromatic nitrogens is 2. The maximum Gasteiger partial charge on any atom is 0.240 e. The van der Waals surface area contributed by atoms with Crippen LogP contribution in [0, 0.1) is 0 Å². The van der Waals surface area contributed by atoms with Crippen molar-refractivity contribution in [2.24, 2.45) is 0 Å². The number of hydrogen-bond donors (Lipinski definition) is 0. The molecule has 6 heteroatoms. The van der Waals surface area contributed by atoms with Gasteiger partial charge in [0, 0.05) is 18.5 Å². The summed E-state index contributed by atoms with van der Waals surface area (Å²) >= 11 is 0. The molecule has 19 heavy (non-hydrogen) atoms. The van der Waals surface area contributed by atoms with Crippen LogP contribution in [0.2, 0.25) is 0 Å². The number of nitrogens with zero attached hydrogens (tertiary/aromatic N) is 2. The molecule has 0 radical (unpaired) electrons. The Kier molecular flexibility index (Phi) is 2.83. The van der Waals surface area contributed by atoms with E-state index in [1.54, 1.807) is 32.7 Å².